The van der Waals surface area contributed by atoms with Crippen LogP contribution in [0.3, 0.4) is 0 Å². The Morgan fingerprint density at radius 2 is 2.16 bits per heavy atom. The van der Waals surface area contributed by atoms with E-state index in [0.29, 0.717) is 37.1 Å². The zero-order valence-corrected chi connectivity index (χ0v) is 10.8. The molecule has 3 rings (SSSR count). The van der Waals surface area contributed by atoms with Crippen LogP contribution in [0.1, 0.15) is 30.1 Å². The molecule has 1 aliphatic heterocycles. The molecule has 0 atom stereocenters. The Hall–Kier alpha value is -1.91. The lowest BCUT2D eigenvalue weighted by Crippen LogP contribution is -2.43. The molecule has 0 bridgehead atoms. The number of H-pyrrole nitrogens is 1. The SMILES string of the molecule is CC1(F)CCN(C(=O)c2ccnc3[nH]ccc23)CC1. The van der Waals surface area contributed by atoms with Gasteiger partial charge >= 0.3 is 0 Å². The molecule has 100 valence electrons. The summed E-state index contributed by atoms with van der Waals surface area (Å²) in [6.45, 7) is 2.55. The number of carbonyl (C=O) groups is 1. The number of carbonyl (C=O) groups excluding carboxylic acids is 1. The smallest absolute Gasteiger partial charge is 0.254 e. The lowest BCUT2D eigenvalue weighted by atomic mass is 9.95. The summed E-state index contributed by atoms with van der Waals surface area (Å²) in [5.41, 5.74) is 0.199. The summed E-state index contributed by atoms with van der Waals surface area (Å²) < 4.78 is 13.8. The van der Waals surface area contributed by atoms with Gasteiger partial charge in [0.05, 0.1) is 5.56 Å². The van der Waals surface area contributed by atoms with Crippen molar-refractivity contribution in [3.8, 4) is 0 Å². The van der Waals surface area contributed by atoms with Crippen molar-refractivity contribution in [2.45, 2.75) is 25.4 Å². The lowest BCUT2D eigenvalue weighted by molar-refractivity contribution is 0.0505. The van der Waals surface area contributed by atoms with Crippen molar-refractivity contribution < 1.29 is 9.18 Å². The molecule has 0 aromatic carbocycles. The van der Waals surface area contributed by atoms with Gasteiger partial charge in [0, 0.05) is 30.9 Å². The number of piperidine rings is 1. The Morgan fingerprint density at radius 3 is 2.89 bits per heavy atom. The van der Waals surface area contributed by atoms with Gasteiger partial charge in [-0.15, -0.1) is 0 Å². The van der Waals surface area contributed by atoms with Gasteiger partial charge in [0.25, 0.3) is 5.91 Å². The number of hydrogen-bond acceptors (Lipinski definition) is 2. The van der Waals surface area contributed by atoms with Gasteiger partial charge in [-0.3, -0.25) is 4.79 Å². The highest BCUT2D eigenvalue weighted by molar-refractivity contribution is 6.05. The fourth-order valence-corrected chi connectivity index (χ4v) is 2.49. The second-order valence-corrected chi connectivity index (χ2v) is 5.30. The van der Waals surface area contributed by atoms with Crippen molar-refractivity contribution in [3.05, 3.63) is 30.1 Å². The van der Waals surface area contributed by atoms with Gasteiger partial charge in [-0.05, 0) is 31.9 Å². The van der Waals surface area contributed by atoms with Crippen LogP contribution in [0.15, 0.2) is 24.5 Å². The Labute approximate surface area is 110 Å². The third-order valence-corrected chi connectivity index (χ3v) is 3.78. The maximum absolute atomic E-state index is 13.8. The van der Waals surface area contributed by atoms with Crippen LogP contribution in [0.5, 0.6) is 0 Å². The third-order valence-electron chi connectivity index (χ3n) is 3.78. The summed E-state index contributed by atoms with van der Waals surface area (Å²) in [6, 6.07) is 3.57. The minimum absolute atomic E-state index is 0.0394. The van der Waals surface area contributed by atoms with E-state index in [2.05, 4.69) is 9.97 Å². The molecule has 0 radical (unpaired) electrons. The number of alkyl halides is 1. The molecule has 0 spiro atoms. The largest absolute Gasteiger partial charge is 0.346 e. The number of pyridine rings is 1. The average molecular weight is 261 g/mol. The van der Waals surface area contributed by atoms with Gasteiger partial charge < -0.3 is 9.88 Å². The molecule has 2 aromatic rings. The summed E-state index contributed by atoms with van der Waals surface area (Å²) in [5.74, 6) is -0.0394. The maximum Gasteiger partial charge on any atom is 0.254 e. The summed E-state index contributed by atoms with van der Waals surface area (Å²) in [5, 5.41) is 0.820. The number of aromatic amines is 1. The first-order chi connectivity index (χ1) is 9.07. The van der Waals surface area contributed by atoms with Gasteiger partial charge in [0.15, 0.2) is 0 Å². The summed E-state index contributed by atoms with van der Waals surface area (Å²) >= 11 is 0. The molecule has 0 saturated carbocycles. The minimum atomic E-state index is -1.14. The van der Waals surface area contributed by atoms with Crippen molar-refractivity contribution in [2.75, 3.05) is 13.1 Å². The zero-order valence-electron chi connectivity index (χ0n) is 10.8. The monoisotopic (exact) mass is 261 g/mol. The van der Waals surface area contributed by atoms with Crippen molar-refractivity contribution >= 4 is 16.9 Å². The first-order valence-electron chi connectivity index (χ1n) is 6.47. The summed E-state index contributed by atoms with van der Waals surface area (Å²) in [4.78, 5) is 21.4. The number of aromatic nitrogens is 2. The molecule has 1 saturated heterocycles. The normalized spacial score (nSPS) is 18.7. The molecule has 1 aliphatic rings. The van der Waals surface area contributed by atoms with Crippen molar-refractivity contribution in [3.63, 3.8) is 0 Å². The molecule has 1 N–H and O–H groups in total. The summed E-state index contributed by atoms with van der Waals surface area (Å²) in [7, 11) is 0. The first kappa shape index (κ1) is 12.1. The number of likely N-dealkylation sites (tertiary alicyclic amines) is 1. The molecule has 1 fully saturated rings. The first-order valence-corrected chi connectivity index (χ1v) is 6.47. The predicted octanol–water partition coefficient (Wildman–Crippen LogP) is 2.53. The number of nitrogens with zero attached hydrogens (tertiary/aromatic N) is 2. The average Bonchev–Trinajstić information content (AvgIpc) is 2.86. The van der Waals surface area contributed by atoms with Crippen molar-refractivity contribution in [2.24, 2.45) is 0 Å². The van der Waals surface area contributed by atoms with Crippen LogP contribution >= 0.6 is 0 Å². The van der Waals surface area contributed by atoms with Crippen LogP contribution in [0, 0.1) is 0 Å². The van der Waals surface area contributed by atoms with Crippen LogP contribution in [0.2, 0.25) is 0 Å². The Kier molecular flexibility index (Phi) is 2.77. The second-order valence-electron chi connectivity index (χ2n) is 5.30. The highest BCUT2D eigenvalue weighted by Crippen LogP contribution is 2.27. The minimum Gasteiger partial charge on any atom is -0.346 e. The van der Waals surface area contributed by atoms with Crippen LogP contribution < -0.4 is 0 Å². The molecule has 2 aromatic heterocycles. The van der Waals surface area contributed by atoms with Gasteiger partial charge in [-0.1, -0.05) is 0 Å². The molecule has 0 aliphatic carbocycles. The maximum atomic E-state index is 13.8. The van der Waals surface area contributed by atoms with E-state index in [-0.39, 0.29) is 5.91 Å². The fourth-order valence-electron chi connectivity index (χ4n) is 2.49. The molecular weight excluding hydrogens is 245 g/mol. The highest BCUT2D eigenvalue weighted by atomic mass is 19.1. The van der Waals surface area contributed by atoms with E-state index in [4.69, 9.17) is 0 Å². The zero-order chi connectivity index (χ0) is 13.5. The summed E-state index contributed by atoms with van der Waals surface area (Å²) in [6.07, 6.45) is 4.19. The quantitative estimate of drug-likeness (QED) is 0.857. The lowest BCUT2D eigenvalue weighted by Gasteiger charge is -2.34. The Morgan fingerprint density at radius 1 is 1.42 bits per heavy atom. The molecule has 1 amide bonds. The number of rotatable bonds is 1. The molecule has 3 heterocycles. The van der Waals surface area contributed by atoms with Crippen molar-refractivity contribution in [1.82, 2.24) is 14.9 Å². The van der Waals surface area contributed by atoms with E-state index in [1.807, 2.05) is 6.07 Å². The number of halogens is 1. The van der Waals surface area contributed by atoms with E-state index in [1.165, 1.54) is 0 Å². The molecule has 19 heavy (non-hydrogen) atoms. The molecule has 4 nitrogen and oxygen atoms in total. The Balaban J connectivity index is 1.87. The number of amides is 1. The van der Waals surface area contributed by atoms with Crippen molar-refractivity contribution in [1.29, 1.82) is 0 Å². The predicted molar refractivity (Wildman–Crippen MR) is 70.7 cm³/mol. The van der Waals surface area contributed by atoms with E-state index >= 15 is 0 Å². The van der Waals surface area contributed by atoms with Gasteiger partial charge in [-0.25, -0.2) is 9.37 Å². The Bertz CT molecular complexity index is 610. The van der Waals surface area contributed by atoms with E-state index in [0.717, 1.165) is 5.39 Å². The van der Waals surface area contributed by atoms with E-state index < -0.39 is 5.67 Å². The van der Waals surface area contributed by atoms with Gasteiger partial charge in [-0.2, -0.15) is 0 Å². The number of nitrogens with one attached hydrogen (secondary N) is 1. The fraction of sp³-hybridized carbons (Fsp3) is 0.429. The molecule has 5 heteroatoms. The van der Waals surface area contributed by atoms with E-state index in [9.17, 15) is 9.18 Å². The second kappa shape index (κ2) is 4.33. The number of fused-ring (bicyclic) bond motifs is 1. The molecule has 0 unspecified atom stereocenters. The van der Waals surface area contributed by atoms with E-state index in [1.54, 1.807) is 30.3 Å². The van der Waals surface area contributed by atoms with Crippen LogP contribution in [-0.4, -0.2) is 39.5 Å². The standard InChI is InChI=1S/C14H16FN3O/c1-14(15)4-8-18(9-5-14)13(19)11-3-7-17-12-10(11)2-6-16-12/h2-3,6-7H,4-5,8-9H2,1H3,(H,16,17). The van der Waals surface area contributed by atoms with Gasteiger partial charge in [0.1, 0.15) is 11.3 Å². The molecular formula is C14H16FN3O. The third kappa shape index (κ3) is 2.20. The van der Waals surface area contributed by atoms with Crippen LogP contribution in [0.25, 0.3) is 11.0 Å². The van der Waals surface area contributed by atoms with Gasteiger partial charge in [0.2, 0.25) is 0 Å². The van der Waals surface area contributed by atoms with Crippen LogP contribution in [0.4, 0.5) is 4.39 Å². The van der Waals surface area contributed by atoms with Crippen LogP contribution in [-0.2, 0) is 0 Å². The highest BCUT2D eigenvalue weighted by Gasteiger charge is 2.32. The topological polar surface area (TPSA) is 49.0 Å². The number of hydrogen-bond donors (Lipinski definition) is 1.